The summed E-state index contributed by atoms with van der Waals surface area (Å²) >= 11 is 4.06. The third-order valence-electron chi connectivity index (χ3n) is 12.8. The third kappa shape index (κ3) is 6.40. The lowest BCUT2D eigenvalue weighted by Crippen LogP contribution is -2.34. The number of fused-ring (bicyclic) bond motifs is 6. The Labute approximate surface area is 345 Å². The quantitative estimate of drug-likeness (QED) is 0.152. The number of thioether (sulfide) groups is 1. The average molecular weight is 774 g/mol. The second-order valence-electron chi connectivity index (χ2n) is 16.3. The molecule has 0 amide bonds. The predicted molar refractivity (Wildman–Crippen MR) is 247 cm³/mol. The SMILES string of the molecule is C1=CC(c2cccc3c4c(sc23)=C(N(C2=CCC(C3=C5c6ccccc6SC5CC=C3)C=C2)c2cc(-c3ccccc3)cc(C3CC=CCC3)c2)CCC=4)=CCC1. The van der Waals surface area contributed by atoms with Crippen LogP contribution in [0, 0.1) is 5.92 Å². The van der Waals surface area contributed by atoms with E-state index in [0.29, 0.717) is 17.1 Å². The number of nitrogens with zero attached hydrogens (tertiary/aromatic N) is 1. The molecular weight excluding hydrogens is 727 g/mol. The monoisotopic (exact) mass is 773 g/mol. The molecule has 6 aliphatic rings. The van der Waals surface area contributed by atoms with Crippen molar-refractivity contribution in [3.05, 3.63) is 189 Å². The number of allylic oxidation sites excluding steroid dienone is 12. The standard InChI is InChI=1S/C54H47NS2/c1-4-15-36(16-5-1)40-33-41(37-17-6-2-7-18-37)35-43(34-40)55(42-31-29-39(30-32-42)44-22-14-28-51-52(44)48-21-10-11-27-50(48)56-51)49-26-13-25-47-46-24-12-23-45(53(46)57-54(47)49)38-19-8-3-9-20-38/h1-2,4-6,8,10-12,14-16,19-25,27,29,31-35,37,39,51H,3,7,9,13,17-18,26,28,30H2. The van der Waals surface area contributed by atoms with E-state index in [-0.39, 0.29) is 0 Å². The molecule has 0 saturated heterocycles. The summed E-state index contributed by atoms with van der Waals surface area (Å²) in [5, 5.41) is 3.34. The van der Waals surface area contributed by atoms with Crippen molar-refractivity contribution in [1.29, 1.82) is 0 Å². The maximum Gasteiger partial charge on any atom is 0.0551 e. The number of hydrogen-bond acceptors (Lipinski definition) is 3. The fraction of sp³-hybridized carbons (Fsp3) is 0.222. The van der Waals surface area contributed by atoms with Gasteiger partial charge in [0.2, 0.25) is 0 Å². The van der Waals surface area contributed by atoms with Crippen molar-refractivity contribution in [3.8, 4) is 11.1 Å². The maximum absolute atomic E-state index is 2.68. The van der Waals surface area contributed by atoms with Gasteiger partial charge in [0.1, 0.15) is 0 Å². The van der Waals surface area contributed by atoms with Crippen LogP contribution in [0.5, 0.6) is 0 Å². The fourth-order valence-corrected chi connectivity index (χ4v) is 12.8. The van der Waals surface area contributed by atoms with Crippen LogP contribution in [0.2, 0.25) is 0 Å². The van der Waals surface area contributed by atoms with Gasteiger partial charge >= 0.3 is 0 Å². The molecule has 0 radical (unpaired) electrons. The molecule has 280 valence electrons. The molecule has 1 nitrogen and oxygen atoms in total. The van der Waals surface area contributed by atoms with Gasteiger partial charge in [-0.15, -0.1) is 23.1 Å². The molecule has 0 spiro atoms. The molecule has 1 aromatic heterocycles. The maximum atomic E-state index is 2.68. The van der Waals surface area contributed by atoms with Crippen molar-refractivity contribution in [2.24, 2.45) is 5.92 Å². The van der Waals surface area contributed by atoms with E-state index >= 15 is 0 Å². The molecule has 3 heteroatoms. The summed E-state index contributed by atoms with van der Waals surface area (Å²) in [6.45, 7) is 0. The van der Waals surface area contributed by atoms with E-state index in [0.717, 1.165) is 51.4 Å². The Balaban J connectivity index is 1.09. The minimum Gasteiger partial charge on any atom is -0.313 e. The topological polar surface area (TPSA) is 3.24 Å². The first-order chi connectivity index (χ1) is 28.3. The van der Waals surface area contributed by atoms with E-state index in [1.807, 2.05) is 11.3 Å². The van der Waals surface area contributed by atoms with Crippen molar-refractivity contribution < 1.29 is 0 Å². The zero-order chi connectivity index (χ0) is 37.7. The van der Waals surface area contributed by atoms with Gasteiger partial charge in [-0.2, -0.15) is 0 Å². The highest BCUT2D eigenvalue weighted by Crippen LogP contribution is 2.51. The Bertz CT molecular complexity index is 2760. The summed E-state index contributed by atoms with van der Waals surface area (Å²) in [4.78, 5) is 4.12. The van der Waals surface area contributed by atoms with Crippen LogP contribution in [-0.2, 0) is 0 Å². The first-order valence-corrected chi connectivity index (χ1v) is 22.8. The molecule has 5 aromatic rings. The molecule has 57 heavy (non-hydrogen) atoms. The average Bonchev–Trinajstić information content (AvgIpc) is 3.87. The van der Waals surface area contributed by atoms with Gasteiger partial charge in [-0.1, -0.05) is 134 Å². The molecular formula is C54H47NS2. The van der Waals surface area contributed by atoms with Crippen LogP contribution in [0.25, 0.3) is 44.1 Å². The molecule has 11 rings (SSSR count). The van der Waals surface area contributed by atoms with E-state index < -0.39 is 0 Å². The third-order valence-corrected chi connectivity index (χ3v) is 15.5. The Morgan fingerprint density at radius 2 is 1.56 bits per heavy atom. The van der Waals surface area contributed by atoms with Crippen molar-refractivity contribution in [2.75, 3.05) is 4.90 Å². The first-order valence-electron chi connectivity index (χ1n) is 21.1. The zero-order valence-corrected chi connectivity index (χ0v) is 34.0. The van der Waals surface area contributed by atoms with Crippen molar-refractivity contribution in [1.82, 2.24) is 0 Å². The number of hydrogen-bond donors (Lipinski definition) is 0. The molecule has 0 bridgehead atoms. The van der Waals surface area contributed by atoms with Crippen LogP contribution < -0.4 is 14.7 Å². The predicted octanol–water partition coefficient (Wildman–Crippen LogP) is 13.7. The molecule has 3 atom stereocenters. The molecule has 3 unspecified atom stereocenters. The number of anilines is 1. The van der Waals surface area contributed by atoms with Crippen LogP contribution in [0.4, 0.5) is 5.69 Å². The normalized spacial score (nSPS) is 22.2. The van der Waals surface area contributed by atoms with E-state index in [1.54, 1.807) is 5.57 Å². The molecule has 0 saturated carbocycles. The Hall–Kier alpha value is -5.09. The Morgan fingerprint density at radius 3 is 2.42 bits per heavy atom. The minimum atomic E-state index is 0.362. The van der Waals surface area contributed by atoms with Crippen molar-refractivity contribution in [3.63, 3.8) is 0 Å². The summed E-state index contributed by atoms with van der Waals surface area (Å²) in [5.74, 6) is 0.885. The van der Waals surface area contributed by atoms with Crippen LogP contribution >= 0.6 is 23.1 Å². The first kappa shape index (κ1) is 35.1. The minimum absolute atomic E-state index is 0.362. The second kappa shape index (κ2) is 15.0. The van der Waals surface area contributed by atoms with E-state index in [9.17, 15) is 0 Å². The molecule has 0 N–H and O–H groups in total. The van der Waals surface area contributed by atoms with E-state index in [2.05, 4.69) is 174 Å². The van der Waals surface area contributed by atoms with Crippen LogP contribution in [0.3, 0.4) is 0 Å². The van der Waals surface area contributed by atoms with Crippen molar-refractivity contribution in [2.45, 2.75) is 73.9 Å². The number of thiophene rings is 1. The molecule has 1 aliphatic heterocycles. The molecule has 2 heterocycles. The largest absolute Gasteiger partial charge is 0.313 e. The lowest BCUT2D eigenvalue weighted by molar-refractivity contribution is 0.617. The highest BCUT2D eigenvalue weighted by atomic mass is 32.2. The Kier molecular flexibility index (Phi) is 9.25. The van der Waals surface area contributed by atoms with Gasteiger partial charge in [-0.3, -0.25) is 0 Å². The van der Waals surface area contributed by atoms with Gasteiger partial charge in [-0.25, -0.2) is 0 Å². The summed E-state index contributed by atoms with van der Waals surface area (Å²) in [6, 6.07) is 34.6. The lowest BCUT2D eigenvalue weighted by atomic mass is 9.81. The van der Waals surface area contributed by atoms with E-state index in [4.69, 9.17) is 0 Å². The number of rotatable bonds is 7. The molecule has 5 aliphatic carbocycles. The molecule has 4 aromatic carbocycles. The summed E-state index contributed by atoms with van der Waals surface area (Å²) < 4.78 is 2.84. The van der Waals surface area contributed by atoms with Crippen LogP contribution in [0.15, 0.2) is 168 Å². The smallest absolute Gasteiger partial charge is 0.0551 e. The highest BCUT2D eigenvalue weighted by Gasteiger charge is 2.33. The van der Waals surface area contributed by atoms with Crippen molar-refractivity contribution >= 4 is 61.8 Å². The zero-order valence-electron chi connectivity index (χ0n) is 32.4. The van der Waals surface area contributed by atoms with Crippen LogP contribution in [0.1, 0.15) is 80.4 Å². The van der Waals surface area contributed by atoms with Gasteiger partial charge in [0.05, 0.1) is 4.53 Å². The van der Waals surface area contributed by atoms with Gasteiger partial charge < -0.3 is 4.90 Å². The Morgan fingerprint density at radius 1 is 0.649 bits per heavy atom. The van der Waals surface area contributed by atoms with Gasteiger partial charge in [0, 0.05) is 43.2 Å². The summed E-state index contributed by atoms with van der Waals surface area (Å²) in [7, 11) is 0. The highest BCUT2D eigenvalue weighted by molar-refractivity contribution is 8.00. The summed E-state index contributed by atoms with van der Waals surface area (Å²) in [5.41, 5.74) is 15.3. The number of benzene rings is 4. The van der Waals surface area contributed by atoms with Gasteiger partial charge in [-0.05, 0) is 138 Å². The molecule has 0 fully saturated rings. The lowest BCUT2D eigenvalue weighted by Gasteiger charge is -2.33. The second-order valence-corrected chi connectivity index (χ2v) is 18.6. The van der Waals surface area contributed by atoms with E-state index in [1.165, 1.54) is 87.2 Å². The fourth-order valence-electron chi connectivity index (χ4n) is 10.1. The van der Waals surface area contributed by atoms with Crippen LogP contribution in [-0.4, -0.2) is 5.25 Å². The summed E-state index contributed by atoms with van der Waals surface area (Å²) in [6.07, 6.45) is 36.7. The van der Waals surface area contributed by atoms with Gasteiger partial charge in [0.25, 0.3) is 0 Å². The van der Waals surface area contributed by atoms with Gasteiger partial charge in [0.15, 0.2) is 0 Å².